The standard InChI is InChI=1S/C12H22O3Si/c1-6-11(8-14-12(13)7-2)16-15-10(5)9(3)4/h7,9-11H,2,6,8H2,1,3-5H3. The first-order valence-electron chi connectivity index (χ1n) is 5.71. The van der Waals surface area contributed by atoms with Gasteiger partial charge >= 0.3 is 5.97 Å². The molecule has 0 aliphatic rings. The summed E-state index contributed by atoms with van der Waals surface area (Å²) in [6, 6.07) is 0. The fourth-order valence-corrected chi connectivity index (χ4v) is 1.81. The van der Waals surface area contributed by atoms with Crippen molar-refractivity contribution in [3.63, 3.8) is 0 Å². The van der Waals surface area contributed by atoms with Gasteiger partial charge < -0.3 is 9.16 Å². The fraction of sp³-hybridized carbons (Fsp3) is 0.750. The highest BCUT2D eigenvalue weighted by Crippen LogP contribution is 2.13. The number of esters is 1. The molecule has 0 saturated heterocycles. The van der Waals surface area contributed by atoms with E-state index in [4.69, 9.17) is 9.16 Å². The minimum Gasteiger partial charge on any atom is -0.462 e. The van der Waals surface area contributed by atoms with E-state index in [0.29, 0.717) is 27.8 Å². The van der Waals surface area contributed by atoms with Crippen molar-refractivity contribution in [2.45, 2.75) is 45.8 Å². The summed E-state index contributed by atoms with van der Waals surface area (Å²) in [4.78, 5) is 10.9. The van der Waals surface area contributed by atoms with Gasteiger partial charge in [0.1, 0.15) is 0 Å². The van der Waals surface area contributed by atoms with Crippen molar-refractivity contribution in [1.82, 2.24) is 0 Å². The van der Waals surface area contributed by atoms with Crippen LogP contribution in [0.1, 0.15) is 34.1 Å². The summed E-state index contributed by atoms with van der Waals surface area (Å²) in [7, 11) is 0.386. The highest BCUT2D eigenvalue weighted by molar-refractivity contribution is 6.29. The first-order chi connectivity index (χ1) is 7.51. The fourth-order valence-electron chi connectivity index (χ4n) is 0.816. The van der Waals surface area contributed by atoms with E-state index < -0.39 is 0 Å². The van der Waals surface area contributed by atoms with Crippen molar-refractivity contribution in [2.24, 2.45) is 5.92 Å². The molecule has 0 aromatic heterocycles. The number of carbonyl (C=O) groups is 1. The van der Waals surface area contributed by atoms with Crippen LogP contribution in [0.4, 0.5) is 0 Å². The summed E-state index contributed by atoms with van der Waals surface area (Å²) in [5.74, 6) is 0.154. The minimum atomic E-state index is -0.361. The molecule has 3 nitrogen and oxygen atoms in total. The monoisotopic (exact) mass is 242 g/mol. The van der Waals surface area contributed by atoms with Crippen molar-refractivity contribution in [2.75, 3.05) is 6.61 Å². The SMILES string of the molecule is C=CC(=O)OCC(CC)[Si]OC(C)C(C)C. The molecule has 2 radical (unpaired) electrons. The van der Waals surface area contributed by atoms with E-state index in [1.165, 1.54) is 6.08 Å². The van der Waals surface area contributed by atoms with E-state index in [9.17, 15) is 4.79 Å². The van der Waals surface area contributed by atoms with Gasteiger partial charge in [-0.05, 0) is 12.8 Å². The van der Waals surface area contributed by atoms with Gasteiger partial charge in [-0.2, -0.15) is 0 Å². The molecule has 4 heteroatoms. The third-order valence-electron chi connectivity index (χ3n) is 2.45. The molecule has 0 aromatic carbocycles. The van der Waals surface area contributed by atoms with Gasteiger partial charge in [0.05, 0.1) is 6.61 Å². The van der Waals surface area contributed by atoms with Gasteiger partial charge in [-0.3, -0.25) is 0 Å². The normalized spacial score (nSPS) is 14.6. The summed E-state index contributed by atoms with van der Waals surface area (Å²) in [5, 5.41) is 0. The zero-order valence-electron chi connectivity index (χ0n) is 10.7. The molecule has 0 aliphatic carbocycles. The number of hydrogen-bond acceptors (Lipinski definition) is 3. The van der Waals surface area contributed by atoms with E-state index in [0.717, 1.165) is 6.42 Å². The van der Waals surface area contributed by atoms with Gasteiger partial charge in [0.25, 0.3) is 0 Å². The van der Waals surface area contributed by atoms with Gasteiger partial charge in [-0.1, -0.05) is 33.8 Å². The molecule has 2 atom stereocenters. The lowest BCUT2D eigenvalue weighted by atomic mass is 10.1. The minimum absolute atomic E-state index is 0.252. The Kier molecular flexibility index (Phi) is 8.20. The predicted octanol–water partition coefficient (Wildman–Crippen LogP) is 2.59. The third-order valence-corrected chi connectivity index (χ3v) is 3.86. The van der Waals surface area contributed by atoms with E-state index in [1.807, 2.05) is 0 Å². The van der Waals surface area contributed by atoms with Crippen LogP contribution in [0.3, 0.4) is 0 Å². The van der Waals surface area contributed by atoms with Crippen LogP contribution < -0.4 is 0 Å². The Labute approximate surface area is 101 Å². The molecule has 16 heavy (non-hydrogen) atoms. The lowest BCUT2D eigenvalue weighted by Gasteiger charge is -2.19. The second kappa shape index (κ2) is 8.53. The van der Waals surface area contributed by atoms with Gasteiger partial charge in [0, 0.05) is 17.7 Å². The first-order valence-corrected chi connectivity index (χ1v) is 6.70. The van der Waals surface area contributed by atoms with E-state index in [-0.39, 0.29) is 12.1 Å². The van der Waals surface area contributed by atoms with Gasteiger partial charge in [0.2, 0.25) is 9.76 Å². The molecule has 92 valence electrons. The van der Waals surface area contributed by atoms with Crippen LogP contribution >= 0.6 is 0 Å². The molecule has 0 aromatic rings. The summed E-state index contributed by atoms with van der Waals surface area (Å²) < 4.78 is 10.7. The summed E-state index contributed by atoms with van der Waals surface area (Å²) in [5.41, 5.74) is 0.296. The molecule has 0 spiro atoms. The maximum Gasteiger partial charge on any atom is 0.330 e. The van der Waals surface area contributed by atoms with E-state index in [2.05, 4.69) is 34.3 Å². The number of carbonyl (C=O) groups excluding carboxylic acids is 1. The topological polar surface area (TPSA) is 35.5 Å². The smallest absolute Gasteiger partial charge is 0.330 e. The Morgan fingerprint density at radius 2 is 2.06 bits per heavy atom. The lowest BCUT2D eigenvalue weighted by Crippen LogP contribution is -2.23. The Morgan fingerprint density at radius 3 is 2.50 bits per heavy atom. The van der Waals surface area contributed by atoms with Crippen LogP contribution in [0.2, 0.25) is 5.54 Å². The van der Waals surface area contributed by atoms with Crippen molar-refractivity contribution in [3.8, 4) is 0 Å². The van der Waals surface area contributed by atoms with Crippen molar-refractivity contribution >= 4 is 15.7 Å². The van der Waals surface area contributed by atoms with Crippen LogP contribution in [0.25, 0.3) is 0 Å². The zero-order valence-corrected chi connectivity index (χ0v) is 11.7. The van der Waals surface area contributed by atoms with Gasteiger partial charge in [-0.15, -0.1) is 0 Å². The summed E-state index contributed by atoms with van der Waals surface area (Å²) >= 11 is 0. The van der Waals surface area contributed by atoms with Crippen LogP contribution in [-0.2, 0) is 14.0 Å². The molecular formula is C12H22O3Si. The zero-order chi connectivity index (χ0) is 12.6. The van der Waals surface area contributed by atoms with Crippen molar-refractivity contribution < 1.29 is 14.0 Å². The second-order valence-electron chi connectivity index (χ2n) is 4.12. The van der Waals surface area contributed by atoms with Crippen molar-refractivity contribution in [3.05, 3.63) is 12.7 Å². The molecule has 0 saturated carbocycles. The predicted molar refractivity (Wildman–Crippen MR) is 66.3 cm³/mol. The summed E-state index contributed by atoms with van der Waals surface area (Å²) in [6.07, 6.45) is 2.39. The Balaban J connectivity index is 3.83. The molecule has 0 heterocycles. The molecule has 0 bridgehead atoms. The molecule has 0 N–H and O–H groups in total. The number of hydrogen-bond donors (Lipinski definition) is 0. The Hall–Kier alpha value is -0.613. The first kappa shape index (κ1) is 15.4. The third kappa shape index (κ3) is 6.79. The van der Waals surface area contributed by atoms with E-state index >= 15 is 0 Å². The lowest BCUT2D eigenvalue weighted by molar-refractivity contribution is -0.137. The molecule has 0 fully saturated rings. The Morgan fingerprint density at radius 1 is 1.44 bits per heavy atom. The highest BCUT2D eigenvalue weighted by Gasteiger charge is 2.15. The Bertz CT molecular complexity index is 216. The molecule has 0 amide bonds. The molecule has 0 rings (SSSR count). The van der Waals surface area contributed by atoms with Crippen LogP contribution in [-0.4, -0.2) is 28.4 Å². The average molecular weight is 242 g/mol. The average Bonchev–Trinajstić information content (AvgIpc) is 2.28. The van der Waals surface area contributed by atoms with Crippen LogP contribution in [0.5, 0.6) is 0 Å². The largest absolute Gasteiger partial charge is 0.462 e. The van der Waals surface area contributed by atoms with Crippen molar-refractivity contribution in [1.29, 1.82) is 0 Å². The highest BCUT2D eigenvalue weighted by atomic mass is 28.2. The number of ether oxygens (including phenoxy) is 1. The molecule has 0 aliphatic heterocycles. The van der Waals surface area contributed by atoms with Gasteiger partial charge in [0.15, 0.2) is 0 Å². The molecular weight excluding hydrogens is 220 g/mol. The van der Waals surface area contributed by atoms with Crippen LogP contribution in [0, 0.1) is 5.92 Å². The maximum atomic E-state index is 10.9. The van der Waals surface area contributed by atoms with Gasteiger partial charge in [-0.25, -0.2) is 4.79 Å². The summed E-state index contributed by atoms with van der Waals surface area (Å²) in [6.45, 7) is 12.2. The second-order valence-corrected chi connectivity index (χ2v) is 5.41. The quantitative estimate of drug-likeness (QED) is 0.373. The van der Waals surface area contributed by atoms with E-state index in [1.54, 1.807) is 0 Å². The van der Waals surface area contributed by atoms with Crippen LogP contribution in [0.15, 0.2) is 12.7 Å². The maximum absolute atomic E-state index is 10.9. The molecule has 2 unspecified atom stereocenters. The number of rotatable bonds is 8.